The number of rotatable bonds is 3. The lowest BCUT2D eigenvalue weighted by Crippen LogP contribution is -2.34. The molecule has 0 aliphatic carbocycles. The van der Waals surface area contributed by atoms with Gasteiger partial charge in [0, 0.05) is 24.4 Å². The zero-order valence-electron chi connectivity index (χ0n) is 12.8. The van der Waals surface area contributed by atoms with Gasteiger partial charge in [-0.3, -0.25) is 0 Å². The molecule has 1 aromatic rings. The number of piperidine rings is 1. The molecular weight excluding hydrogens is 256 g/mol. The number of nitrogens with one attached hydrogen (secondary N) is 1. The molecule has 2 aliphatic rings. The molecule has 0 aromatic heterocycles. The molecule has 0 saturated carbocycles. The molecule has 1 N–H and O–H groups in total. The molecular formula is C19H24N2. The van der Waals surface area contributed by atoms with Crippen molar-refractivity contribution in [1.29, 1.82) is 0 Å². The lowest BCUT2D eigenvalue weighted by atomic mass is 9.73. The second-order valence-electron chi connectivity index (χ2n) is 5.93. The van der Waals surface area contributed by atoms with E-state index in [1.54, 1.807) is 0 Å². The minimum Gasteiger partial charge on any atom is -0.344 e. The third kappa shape index (κ3) is 2.34. The molecule has 2 heteroatoms. The first-order valence-corrected chi connectivity index (χ1v) is 7.80. The lowest BCUT2D eigenvalue weighted by Gasteiger charge is -2.40. The van der Waals surface area contributed by atoms with E-state index in [-0.39, 0.29) is 0 Å². The molecule has 2 nitrogen and oxygen atoms in total. The first-order valence-electron chi connectivity index (χ1n) is 7.80. The predicted octanol–water partition coefficient (Wildman–Crippen LogP) is 3.85. The molecule has 1 fully saturated rings. The van der Waals surface area contributed by atoms with Crippen molar-refractivity contribution in [1.82, 2.24) is 5.32 Å². The fraction of sp³-hybridized carbons (Fsp3) is 0.368. The van der Waals surface area contributed by atoms with Gasteiger partial charge in [-0.05, 0) is 55.1 Å². The largest absolute Gasteiger partial charge is 0.344 e. The SMILES string of the molecule is C=CC1=C(C=C)N(C)c2ccccc2C1C1CCNCC1. The van der Waals surface area contributed by atoms with Crippen LogP contribution in [-0.2, 0) is 0 Å². The molecule has 0 radical (unpaired) electrons. The van der Waals surface area contributed by atoms with Crippen molar-refractivity contribution < 1.29 is 0 Å². The predicted molar refractivity (Wildman–Crippen MR) is 90.6 cm³/mol. The van der Waals surface area contributed by atoms with E-state index in [2.05, 4.69) is 54.7 Å². The summed E-state index contributed by atoms with van der Waals surface area (Å²) in [7, 11) is 2.12. The number of para-hydroxylation sites is 1. The van der Waals surface area contributed by atoms with Crippen molar-refractivity contribution in [3.05, 3.63) is 66.4 Å². The van der Waals surface area contributed by atoms with Gasteiger partial charge in [-0.1, -0.05) is 37.4 Å². The van der Waals surface area contributed by atoms with E-state index in [4.69, 9.17) is 0 Å². The molecule has 1 aromatic carbocycles. The highest BCUT2D eigenvalue weighted by atomic mass is 15.1. The van der Waals surface area contributed by atoms with E-state index >= 15 is 0 Å². The van der Waals surface area contributed by atoms with E-state index < -0.39 is 0 Å². The van der Waals surface area contributed by atoms with Gasteiger partial charge in [-0.25, -0.2) is 0 Å². The van der Waals surface area contributed by atoms with Crippen molar-refractivity contribution >= 4 is 5.69 Å². The molecule has 2 aliphatic heterocycles. The van der Waals surface area contributed by atoms with Crippen LogP contribution in [-0.4, -0.2) is 20.1 Å². The Kier molecular flexibility index (Phi) is 3.98. The Morgan fingerprint density at radius 2 is 1.86 bits per heavy atom. The highest BCUT2D eigenvalue weighted by Gasteiger charge is 2.34. The van der Waals surface area contributed by atoms with Gasteiger partial charge in [0.25, 0.3) is 0 Å². The maximum atomic E-state index is 4.09. The second-order valence-corrected chi connectivity index (χ2v) is 5.93. The van der Waals surface area contributed by atoms with Crippen molar-refractivity contribution in [3.63, 3.8) is 0 Å². The number of hydrogen-bond acceptors (Lipinski definition) is 2. The standard InChI is InChI=1S/C19H24N2/c1-4-15-17(5-2)21(3)18-9-7-6-8-16(18)19(15)14-10-12-20-13-11-14/h4-9,14,19-20H,1-2,10-13H2,3H3. The third-order valence-electron chi connectivity index (χ3n) is 4.89. The van der Waals surface area contributed by atoms with E-state index in [1.807, 2.05) is 12.2 Å². The first-order chi connectivity index (χ1) is 10.3. The van der Waals surface area contributed by atoms with Crippen LogP contribution < -0.4 is 10.2 Å². The Bertz CT molecular complexity index is 579. The fourth-order valence-corrected chi connectivity index (χ4v) is 3.88. The summed E-state index contributed by atoms with van der Waals surface area (Å²) in [5, 5.41) is 3.47. The monoisotopic (exact) mass is 280 g/mol. The van der Waals surface area contributed by atoms with Gasteiger partial charge in [0.1, 0.15) is 0 Å². The number of fused-ring (bicyclic) bond motifs is 1. The maximum Gasteiger partial charge on any atom is 0.0447 e. The van der Waals surface area contributed by atoms with Gasteiger partial charge >= 0.3 is 0 Å². The van der Waals surface area contributed by atoms with Crippen molar-refractivity contribution in [2.45, 2.75) is 18.8 Å². The van der Waals surface area contributed by atoms with Crippen LogP contribution in [0.5, 0.6) is 0 Å². The van der Waals surface area contributed by atoms with Crippen LogP contribution in [0.25, 0.3) is 0 Å². The summed E-state index contributed by atoms with van der Waals surface area (Å²) < 4.78 is 0. The van der Waals surface area contributed by atoms with E-state index in [1.165, 1.54) is 35.4 Å². The molecule has 0 bridgehead atoms. The average Bonchev–Trinajstić information content (AvgIpc) is 2.55. The maximum absolute atomic E-state index is 4.09. The number of nitrogens with zero attached hydrogens (tertiary/aromatic N) is 1. The summed E-state index contributed by atoms with van der Waals surface area (Å²) in [6.07, 6.45) is 6.46. The Hall–Kier alpha value is -1.80. The minimum absolute atomic E-state index is 0.449. The number of anilines is 1. The van der Waals surface area contributed by atoms with Crippen LogP contribution in [0.15, 0.2) is 60.8 Å². The van der Waals surface area contributed by atoms with Gasteiger partial charge in [0.05, 0.1) is 0 Å². The Morgan fingerprint density at radius 3 is 2.52 bits per heavy atom. The quantitative estimate of drug-likeness (QED) is 0.905. The summed E-state index contributed by atoms with van der Waals surface area (Å²) in [5.41, 5.74) is 5.28. The second kappa shape index (κ2) is 5.90. The molecule has 110 valence electrons. The highest BCUT2D eigenvalue weighted by molar-refractivity contribution is 5.68. The first kappa shape index (κ1) is 14.2. The summed E-state index contributed by atoms with van der Waals surface area (Å²) in [6, 6.07) is 8.77. The minimum atomic E-state index is 0.449. The summed E-state index contributed by atoms with van der Waals surface area (Å²) >= 11 is 0. The number of allylic oxidation sites excluding steroid dienone is 3. The topological polar surface area (TPSA) is 15.3 Å². The Labute approximate surface area is 127 Å². The Balaban J connectivity index is 2.14. The van der Waals surface area contributed by atoms with E-state index in [9.17, 15) is 0 Å². The number of likely N-dealkylation sites (N-methyl/N-ethyl adjacent to an activating group) is 1. The average molecular weight is 280 g/mol. The smallest absolute Gasteiger partial charge is 0.0447 e. The molecule has 1 atom stereocenters. The third-order valence-corrected chi connectivity index (χ3v) is 4.89. The van der Waals surface area contributed by atoms with Gasteiger partial charge in [0.15, 0.2) is 0 Å². The number of benzene rings is 1. The molecule has 1 saturated heterocycles. The molecule has 2 heterocycles. The van der Waals surface area contributed by atoms with Crippen LogP contribution >= 0.6 is 0 Å². The van der Waals surface area contributed by atoms with Crippen LogP contribution in [0.1, 0.15) is 24.3 Å². The summed E-state index contributed by atoms with van der Waals surface area (Å²) in [5.74, 6) is 1.13. The van der Waals surface area contributed by atoms with Crippen molar-refractivity contribution in [2.24, 2.45) is 5.92 Å². The molecule has 0 amide bonds. The van der Waals surface area contributed by atoms with E-state index in [0.717, 1.165) is 13.1 Å². The van der Waals surface area contributed by atoms with Crippen LogP contribution in [0.2, 0.25) is 0 Å². The van der Waals surface area contributed by atoms with Crippen molar-refractivity contribution in [2.75, 3.05) is 25.0 Å². The number of hydrogen-bond donors (Lipinski definition) is 1. The normalized spacial score (nSPS) is 22.9. The Morgan fingerprint density at radius 1 is 1.14 bits per heavy atom. The molecule has 0 spiro atoms. The molecule has 21 heavy (non-hydrogen) atoms. The highest BCUT2D eigenvalue weighted by Crippen LogP contribution is 2.47. The van der Waals surface area contributed by atoms with Crippen LogP contribution in [0.4, 0.5) is 5.69 Å². The zero-order chi connectivity index (χ0) is 14.8. The fourth-order valence-electron chi connectivity index (χ4n) is 3.88. The van der Waals surface area contributed by atoms with Gasteiger partial charge in [-0.2, -0.15) is 0 Å². The lowest BCUT2D eigenvalue weighted by molar-refractivity contribution is 0.340. The summed E-state index contributed by atoms with van der Waals surface area (Å²) in [6.45, 7) is 10.3. The molecule has 1 unspecified atom stereocenters. The zero-order valence-corrected chi connectivity index (χ0v) is 12.8. The van der Waals surface area contributed by atoms with Crippen LogP contribution in [0.3, 0.4) is 0 Å². The van der Waals surface area contributed by atoms with E-state index in [0.29, 0.717) is 11.8 Å². The summed E-state index contributed by atoms with van der Waals surface area (Å²) in [4.78, 5) is 2.25. The van der Waals surface area contributed by atoms with Crippen LogP contribution in [0, 0.1) is 5.92 Å². The van der Waals surface area contributed by atoms with Gasteiger partial charge in [-0.15, -0.1) is 0 Å². The van der Waals surface area contributed by atoms with Gasteiger partial charge in [0.2, 0.25) is 0 Å². The van der Waals surface area contributed by atoms with Gasteiger partial charge < -0.3 is 10.2 Å². The van der Waals surface area contributed by atoms with Crippen molar-refractivity contribution in [3.8, 4) is 0 Å². The molecule has 3 rings (SSSR count).